The van der Waals surface area contributed by atoms with Crippen molar-refractivity contribution in [2.45, 2.75) is 45.1 Å². The van der Waals surface area contributed by atoms with E-state index in [0.29, 0.717) is 17.3 Å². The summed E-state index contributed by atoms with van der Waals surface area (Å²) in [6.07, 6.45) is 2.17. The zero-order valence-corrected chi connectivity index (χ0v) is 15.4. The van der Waals surface area contributed by atoms with E-state index in [1.54, 1.807) is 13.8 Å². The van der Waals surface area contributed by atoms with Crippen molar-refractivity contribution < 1.29 is 13.2 Å². The summed E-state index contributed by atoms with van der Waals surface area (Å²) in [5.41, 5.74) is 0.936. The van der Waals surface area contributed by atoms with Crippen LogP contribution in [-0.4, -0.2) is 60.5 Å². The van der Waals surface area contributed by atoms with Gasteiger partial charge in [-0.25, -0.2) is 12.7 Å². The molecule has 130 valence electrons. The lowest BCUT2D eigenvalue weighted by Crippen LogP contribution is -2.41. The summed E-state index contributed by atoms with van der Waals surface area (Å²) in [4.78, 5) is 14.5. The lowest BCUT2D eigenvalue weighted by Gasteiger charge is -2.31. The maximum Gasteiger partial charge on any atom is 0.246 e. The van der Waals surface area contributed by atoms with Crippen molar-refractivity contribution in [1.29, 1.82) is 0 Å². The number of hydrogen-bond acceptors (Lipinski definition) is 4. The largest absolute Gasteiger partial charge is 0.341 e. The summed E-state index contributed by atoms with van der Waals surface area (Å²) >= 11 is 0. The fraction of sp³-hybridized carbons (Fsp3) is 0.733. The number of aryl methyl sites for hydroxylation is 1. The second-order valence-corrected chi connectivity index (χ2v) is 8.62. The van der Waals surface area contributed by atoms with Gasteiger partial charge in [-0.15, -0.1) is 0 Å². The van der Waals surface area contributed by atoms with E-state index in [4.69, 9.17) is 0 Å². The molecule has 2 heterocycles. The number of likely N-dealkylation sites (tertiary alicyclic amines) is 1. The lowest BCUT2D eigenvalue weighted by molar-refractivity contribution is -0.133. The van der Waals surface area contributed by atoms with Crippen molar-refractivity contribution in [3.63, 3.8) is 0 Å². The second kappa shape index (κ2) is 6.60. The molecule has 1 aromatic rings. The Balaban J connectivity index is 2.24. The van der Waals surface area contributed by atoms with Crippen LogP contribution in [0.15, 0.2) is 4.90 Å². The van der Waals surface area contributed by atoms with Crippen molar-refractivity contribution >= 4 is 15.9 Å². The average molecular weight is 342 g/mol. The number of rotatable bonds is 4. The zero-order chi connectivity index (χ0) is 17.4. The predicted molar refractivity (Wildman–Crippen MR) is 87.6 cm³/mol. The molecule has 0 spiro atoms. The maximum absolute atomic E-state index is 12.5. The van der Waals surface area contributed by atoms with Crippen LogP contribution in [-0.2, 0) is 21.4 Å². The number of hydrogen-bond donors (Lipinski definition) is 0. The van der Waals surface area contributed by atoms with E-state index in [-0.39, 0.29) is 17.3 Å². The molecule has 1 saturated heterocycles. The van der Waals surface area contributed by atoms with E-state index in [1.807, 2.05) is 4.90 Å². The summed E-state index contributed by atoms with van der Waals surface area (Å²) in [5.74, 6) is 0.508. The third-order valence-corrected chi connectivity index (χ3v) is 6.42. The summed E-state index contributed by atoms with van der Waals surface area (Å²) in [7, 11) is -0.578. The summed E-state index contributed by atoms with van der Waals surface area (Å²) in [6, 6.07) is 0. The minimum atomic E-state index is -3.56. The Labute approximate surface area is 138 Å². The Hall–Kier alpha value is -1.41. The van der Waals surface area contributed by atoms with Crippen LogP contribution in [0.3, 0.4) is 0 Å². The summed E-state index contributed by atoms with van der Waals surface area (Å²) in [5, 5.41) is 4.28. The third kappa shape index (κ3) is 3.58. The highest BCUT2D eigenvalue weighted by Gasteiger charge is 2.28. The van der Waals surface area contributed by atoms with Gasteiger partial charge in [0.25, 0.3) is 0 Å². The second-order valence-electron chi connectivity index (χ2n) is 6.53. The number of amides is 1. The summed E-state index contributed by atoms with van der Waals surface area (Å²) < 4.78 is 27.5. The zero-order valence-electron chi connectivity index (χ0n) is 14.5. The molecule has 1 amide bonds. The van der Waals surface area contributed by atoms with Crippen LogP contribution >= 0.6 is 0 Å². The van der Waals surface area contributed by atoms with Crippen LogP contribution in [0.4, 0.5) is 0 Å². The number of aromatic nitrogens is 2. The number of sulfonamides is 1. The number of nitrogens with zero attached hydrogens (tertiary/aromatic N) is 4. The molecule has 1 atom stereocenters. The van der Waals surface area contributed by atoms with E-state index in [1.165, 1.54) is 23.1 Å². The fourth-order valence-electron chi connectivity index (χ4n) is 3.03. The molecule has 0 bridgehead atoms. The molecule has 1 aliphatic heterocycles. The molecule has 1 fully saturated rings. The van der Waals surface area contributed by atoms with Crippen LogP contribution in [0.2, 0.25) is 0 Å². The van der Waals surface area contributed by atoms with Gasteiger partial charge in [0.1, 0.15) is 11.4 Å². The average Bonchev–Trinajstić information content (AvgIpc) is 2.73. The molecule has 7 nitrogen and oxygen atoms in total. The monoisotopic (exact) mass is 342 g/mol. The number of carbonyl (C=O) groups is 1. The first kappa shape index (κ1) is 17.9. The molecule has 0 radical (unpaired) electrons. The molecular formula is C15H26N4O3S. The highest BCUT2D eigenvalue weighted by molar-refractivity contribution is 7.89. The van der Waals surface area contributed by atoms with Gasteiger partial charge in [0.05, 0.1) is 11.4 Å². The minimum absolute atomic E-state index is 0.00375. The Morgan fingerprint density at radius 3 is 2.57 bits per heavy atom. The van der Waals surface area contributed by atoms with Gasteiger partial charge >= 0.3 is 0 Å². The van der Waals surface area contributed by atoms with E-state index < -0.39 is 10.0 Å². The molecule has 23 heavy (non-hydrogen) atoms. The van der Waals surface area contributed by atoms with Crippen molar-refractivity contribution in [3.8, 4) is 0 Å². The molecule has 8 heteroatoms. The quantitative estimate of drug-likeness (QED) is 0.818. The Kier molecular flexibility index (Phi) is 5.15. The minimum Gasteiger partial charge on any atom is -0.341 e. The molecular weight excluding hydrogens is 316 g/mol. The maximum atomic E-state index is 12.5. The van der Waals surface area contributed by atoms with Crippen molar-refractivity contribution in [2.75, 3.05) is 27.2 Å². The van der Waals surface area contributed by atoms with Crippen molar-refractivity contribution in [3.05, 3.63) is 11.4 Å². The predicted octanol–water partition coefficient (Wildman–Crippen LogP) is 1.01. The Morgan fingerprint density at radius 1 is 1.35 bits per heavy atom. The van der Waals surface area contributed by atoms with Crippen LogP contribution < -0.4 is 0 Å². The molecule has 0 aliphatic carbocycles. The molecule has 1 aromatic heterocycles. The van der Waals surface area contributed by atoms with E-state index in [0.717, 1.165) is 25.9 Å². The highest BCUT2D eigenvalue weighted by atomic mass is 32.2. The normalized spacial score (nSPS) is 19.4. The standard InChI is InChI=1S/C15H26N4O3S/c1-11-7-6-8-18(9-11)14(20)10-19-13(3)15(12(2)16-19)23(21,22)17(4)5/h11H,6-10H2,1-5H3/t11-/m1/s1. The van der Waals surface area contributed by atoms with E-state index in [2.05, 4.69) is 12.0 Å². The molecule has 0 saturated carbocycles. The summed E-state index contributed by atoms with van der Waals surface area (Å²) in [6.45, 7) is 7.12. The topological polar surface area (TPSA) is 75.5 Å². The smallest absolute Gasteiger partial charge is 0.246 e. The van der Waals surface area contributed by atoms with Crippen LogP contribution in [0, 0.1) is 19.8 Å². The van der Waals surface area contributed by atoms with E-state index in [9.17, 15) is 13.2 Å². The number of carbonyl (C=O) groups excluding carboxylic acids is 1. The first-order valence-electron chi connectivity index (χ1n) is 7.89. The Morgan fingerprint density at radius 2 is 2.00 bits per heavy atom. The van der Waals surface area contributed by atoms with E-state index >= 15 is 0 Å². The molecule has 0 unspecified atom stereocenters. The van der Waals surface area contributed by atoms with Crippen molar-refractivity contribution in [1.82, 2.24) is 19.0 Å². The van der Waals surface area contributed by atoms with Gasteiger partial charge in [-0.3, -0.25) is 9.48 Å². The van der Waals surface area contributed by atoms with Crippen LogP contribution in [0.1, 0.15) is 31.2 Å². The van der Waals surface area contributed by atoms with Gasteiger partial charge in [-0.2, -0.15) is 5.10 Å². The Bertz CT molecular complexity index is 694. The van der Waals surface area contributed by atoms with Gasteiger partial charge < -0.3 is 4.90 Å². The van der Waals surface area contributed by atoms with Crippen LogP contribution in [0.5, 0.6) is 0 Å². The SMILES string of the molecule is Cc1nn(CC(=O)N2CCC[C@@H](C)C2)c(C)c1S(=O)(=O)N(C)C. The molecule has 2 rings (SSSR count). The first-order chi connectivity index (χ1) is 10.6. The van der Waals surface area contributed by atoms with Gasteiger partial charge in [0.2, 0.25) is 15.9 Å². The molecule has 1 aliphatic rings. The van der Waals surface area contributed by atoms with Gasteiger partial charge in [0.15, 0.2) is 0 Å². The third-order valence-electron chi connectivity index (χ3n) is 4.35. The lowest BCUT2D eigenvalue weighted by atomic mass is 10.0. The number of piperidine rings is 1. The molecule has 0 aromatic carbocycles. The fourth-order valence-corrected chi connectivity index (χ4v) is 4.29. The molecule has 0 N–H and O–H groups in total. The van der Waals surface area contributed by atoms with Crippen LogP contribution in [0.25, 0.3) is 0 Å². The van der Waals surface area contributed by atoms with Gasteiger partial charge in [-0.1, -0.05) is 6.92 Å². The first-order valence-corrected chi connectivity index (χ1v) is 9.33. The van der Waals surface area contributed by atoms with Gasteiger partial charge in [0, 0.05) is 27.2 Å². The highest BCUT2D eigenvalue weighted by Crippen LogP contribution is 2.22. The van der Waals surface area contributed by atoms with Gasteiger partial charge in [-0.05, 0) is 32.6 Å². The van der Waals surface area contributed by atoms with Crippen molar-refractivity contribution in [2.24, 2.45) is 5.92 Å².